The highest BCUT2D eigenvalue weighted by atomic mass is 79.9. The van der Waals surface area contributed by atoms with Crippen LogP contribution in [-0.2, 0) is 9.31 Å². The first-order valence-electron chi connectivity index (χ1n) is 5.59. The van der Waals surface area contributed by atoms with Crippen LogP contribution in [0.5, 0.6) is 0 Å². The van der Waals surface area contributed by atoms with Gasteiger partial charge in [0.2, 0.25) is 0 Å². The summed E-state index contributed by atoms with van der Waals surface area (Å²) in [6.07, 6.45) is 3.49. The minimum absolute atomic E-state index is 0.303. The lowest BCUT2D eigenvalue weighted by atomic mass is 9.90. The molecule has 1 aromatic heterocycles. The Labute approximate surface area is 110 Å². The first-order chi connectivity index (χ1) is 7.82. The molecule has 2 rings (SSSR count). The van der Waals surface area contributed by atoms with Gasteiger partial charge in [0, 0.05) is 0 Å². The van der Waals surface area contributed by atoms with Crippen LogP contribution in [0.2, 0.25) is 0 Å². The molecule has 0 N–H and O–H groups in total. The molecule has 0 aliphatic carbocycles. The van der Waals surface area contributed by atoms with E-state index in [1.165, 1.54) is 0 Å². The monoisotopic (exact) mass is 298 g/mol. The molecule has 3 nitrogen and oxygen atoms in total. The first-order valence-corrected chi connectivity index (χ1v) is 6.38. The third-order valence-electron chi connectivity index (χ3n) is 3.32. The topological polar surface area (TPSA) is 31.6 Å². The predicted molar refractivity (Wildman–Crippen MR) is 71.5 cm³/mol. The maximum absolute atomic E-state index is 5.84. The van der Waals surface area contributed by atoms with E-state index in [9.17, 15) is 0 Å². The van der Waals surface area contributed by atoms with Gasteiger partial charge in [0.15, 0.2) is 0 Å². The van der Waals surface area contributed by atoms with Crippen molar-refractivity contribution < 1.29 is 13.7 Å². The Kier molecular flexibility index (Phi) is 3.27. The van der Waals surface area contributed by atoms with Gasteiger partial charge in [0.1, 0.15) is 5.76 Å². The van der Waals surface area contributed by atoms with Gasteiger partial charge in [-0.25, -0.2) is 0 Å². The summed E-state index contributed by atoms with van der Waals surface area (Å²) in [7, 11) is -0.336. The Hall–Kier alpha value is -0.515. The second kappa shape index (κ2) is 4.30. The van der Waals surface area contributed by atoms with Crippen LogP contribution in [-0.4, -0.2) is 18.3 Å². The van der Waals surface area contributed by atoms with Gasteiger partial charge in [0.05, 0.1) is 21.9 Å². The lowest BCUT2D eigenvalue weighted by Crippen LogP contribution is -2.41. The van der Waals surface area contributed by atoms with Gasteiger partial charge in [0.25, 0.3) is 0 Å². The number of hydrogen-bond donors (Lipinski definition) is 0. The second-order valence-corrected chi connectivity index (χ2v) is 5.97. The van der Waals surface area contributed by atoms with Gasteiger partial charge in [-0.2, -0.15) is 0 Å². The van der Waals surface area contributed by atoms with Crippen LogP contribution in [0.4, 0.5) is 0 Å². The molecule has 0 amide bonds. The minimum atomic E-state index is -0.336. The van der Waals surface area contributed by atoms with E-state index in [0.29, 0.717) is 0 Å². The minimum Gasteiger partial charge on any atom is -0.464 e. The quantitative estimate of drug-likeness (QED) is 0.781. The maximum atomic E-state index is 5.84. The maximum Gasteiger partial charge on any atom is 0.487 e. The van der Waals surface area contributed by atoms with E-state index in [2.05, 4.69) is 15.9 Å². The summed E-state index contributed by atoms with van der Waals surface area (Å²) in [5.74, 6) is 2.62. The Balaban J connectivity index is 2.08. The summed E-state index contributed by atoms with van der Waals surface area (Å²) < 4.78 is 17.9. The largest absolute Gasteiger partial charge is 0.487 e. The Morgan fingerprint density at radius 1 is 1.18 bits per heavy atom. The summed E-state index contributed by atoms with van der Waals surface area (Å²) in [5, 5.41) is 0. The van der Waals surface area contributed by atoms with Crippen LogP contribution in [0, 0.1) is 0 Å². The third-order valence-corrected chi connectivity index (χ3v) is 3.98. The standard InChI is InChI=1S/C12H16BBrO3/c1-11(2)12(3,4)17-13(16-11)7-5-10-9(14)6-8-15-10/h5-8H,1-4H3/b7-5+. The fraction of sp³-hybridized carbons (Fsp3) is 0.500. The van der Waals surface area contributed by atoms with Gasteiger partial charge in [-0.1, -0.05) is 5.98 Å². The molecule has 1 fully saturated rings. The highest BCUT2D eigenvalue weighted by molar-refractivity contribution is 9.10. The molecule has 0 unspecified atom stereocenters. The molecule has 92 valence electrons. The summed E-state index contributed by atoms with van der Waals surface area (Å²) in [4.78, 5) is 0. The highest BCUT2D eigenvalue weighted by Gasteiger charge is 2.50. The predicted octanol–water partition coefficient (Wildman–Crippen LogP) is 3.69. The van der Waals surface area contributed by atoms with Crippen molar-refractivity contribution in [3.63, 3.8) is 0 Å². The van der Waals surface area contributed by atoms with Gasteiger partial charge in [-0.3, -0.25) is 0 Å². The van der Waals surface area contributed by atoms with Gasteiger partial charge in [-0.05, 0) is 55.8 Å². The number of furan rings is 1. The van der Waals surface area contributed by atoms with Crippen molar-refractivity contribution in [3.8, 4) is 0 Å². The zero-order chi connectivity index (χ0) is 12.7. The van der Waals surface area contributed by atoms with Crippen LogP contribution in [0.25, 0.3) is 6.08 Å². The zero-order valence-electron chi connectivity index (χ0n) is 10.5. The lowest BCUT2D eigenvalue weighted by molar-refractivity contribution is 0.00578. The molecule has 1 saturated heterocycles. The number of hydrogen-bond acceptors (Lipinski definition) is 3. The Bertz CT molecular complexity index is 421. The van der Waals surface area contributed by atoms with Crippen LogP contribution in [0.1, 0.15) is 33.5 Å². The van der Waals surface area contributed by atoms with E-state index in [1.54, 1.807) is 6.26 Å². The van der Waals surface area contributed by atoms with Crippen molar-refractivity contribution in [2.45, 2.75) is 38.9 Å². The Morgan fingerprint density at radius 3 is 2.24 bits per heavy atom. The van der Waals surface area contributed by atoms with Crippen LogP contribution in [0.3, 0.4) is 0 Å². The molecular formula is C12H16BBrO3. The fourth-order valence-electron chi connectivity index (χ4n) is 1.56. The van der Waals surface area contributed by atoms with Crippen molar-refractivity contribution in [1.29, 1.82) is 0 Å². The van der Waals surface area contributed by atoms with Crippen molar-refractivity contribution in [2.24, 2.45) is 0 Å². The van der Waals surface area contributed by atoms with E-state index in [1.807, 2.05) is 45.8 Å². The van der Waals surface area contributed by atoms with E-state index < -0.39 is 0 Å². The molecule has 5 heteroatoms. The second-order valence-electron chi connectivity index (χ2n) is 5.12. The molecule has 1 aromatic rings. The highest BCUT2D eigenvalue weighted by Crippen LogP contribution is 2.37. The molecule has 0 saturated carbocycles. The van der Waals surface area contributed by atoms with Crippen molar-refractivity contribution >= 4 is 29.1 Å². The normalized spacial score (nSPS) is 22.5. The van der Waals surface area contributed by atoms with Crippen LogP contribution >= 0.6 is 15.9 Å². The van der Waals surface area contributed by atoms with E-state index in [0.717, 1.165) is 10.2 Å². The average Bonchev–Trinajstić information content (AvgIpc) is 2.66. The molecule has 0 bridgehead atoms. The third kappa shape index (κ3) is 2.51. The lowest BCUT2D eigenvalue weighted by Gasteiger charge is -2.32. The molecule has 1 aliphatic rings. The summed E-state index contributed by atoms with van der Waals surface area (Å²) in [6.45, 7) is 8.13. The van der Waals surface area contributed by atoms with Gasteiger partial charge in [-0.15, -0.1) is 0 Å². The SMILES string of the molecule is CC1(C)OB(/C=C/c2occc2Br)OC1(C)C. The summed E-state index contributed by atoms with van der Waals surface area (Å²) in [5.41, 5.74) is -0.606. The summed E-state index contributed by atoms with van der Waals surface area (Å²) in [6, 6.07) is 1.85. The van der Waals surface area contributed by atoms with Crippen LogP contribution < -0.4 is 0 Å². The van der Waals surface area contributed by atoms with Crippen molar-refractivity contribution in [1.82, 2.24) is 0 Å². The number of rotatable bonds is 2. The van der Waals surface area contributed by atoms with Crippen molar-refractivity contribution in [2.75, 3.05) is 0 Å². The molecule has 0 aromatic carbocycles. The fourth-order valence-corrected chi connectivity index (χ4v) is 1.89. The van der Waals surface area contributed by atoms with E-state index in [-0.39, 0.29) is 18.3 Å². The number of halogens is 1. The first kappa shape index (κ1) is 12.9. The molecule has 0 spiro atoms. The zero-order valence-corrected chi connectivity index (χ0v) is 12.1. The van der Waals surface area contributed by atoms with Crippen LogP contribution in [0.15, 0.2) is 27.2 Å². The van der Waals surface area contributed by atoms with Gasteiger partial charge >= 0.3 is 7.12 Å². The van der Waals surface area contributed by atoms with Gasteiger partial charge < -0.3 is 13.7 Å². The van der Waals surface area contributed by atoms with E-state index >= 15 is 0 Å². The molecule has 0 atom stereocenters. The molecule has 1 aliphatic heterocycles. The summed E-state index contributed by atoms with van der Waals surface area (Å²) >= 11 is 3.39. The average molecular weight is 299 g/mol. The molecular weight excluding hydrogens is 283 g/mol. The molecule has 2 heterocycles. The molecule has 0 radical (unpaired) electrons. The van der Waals surface area contributed by atoms with Crippen molar-refractivity contribution in [3.05, 3.63) is 28.5 Å². The smallest absolute Gasteiger partial charge is 0.464 e. The van der Waals surface area contributed by atoms with E-state index in [4.69, 9.17) is 13.7 Å². The molecule has 17 heavy (non-hydrogen) atoms. The Morgan fingerprint density at radius 2 is 1.76 bits per heavy atom.